The van der Waals surface area contributed by atoms with Crippen LogP contribution in [0.2, 0.25) is 0 Å². The molecule has 0 bridgehead atoms. The van der Waals surface area contributed by atoms with Gasteiger partial charge in [-0.1, -0.05) is 6.92 Å². The van der Waals surface area contributed by atoms with Gasteiger partial charge in [0.1, 0.15) is 0 Å². The van der Waals surface area contributed by atoms with Crippen LogP contribution in [0.3, 0.4) is 0 Å². The molecule has 2 unspecified atom stereocenters. The highest BCUT2D eigenvalue weighted by Gasteiger charge is 2.28. The first-order chi connectivity index (χ1) is 11.3. The Kier molecular flexibility index (Phi) is 10.9. The summed E-state index contributed by atoms with van der Waals surface area (Å²) in [5.74, 6) is 0.492. The van der Waals surface area contributed by atoms with Gasteiger partial charge in [0.05, 0.1) is 11.9 Å². The Labute approximate surface area is 163 Å². The first kappa shape index (κ1) is 24.8. The average Bonchev–Trinajstić information content (AvgIpc) is 2.54. The third-order valence-electron chi connectivity index (χ3n) is 4.05. The highest BCUT2D eigenvalue weighted by atomic mass is 35.5. The van der Waals surface area contributed by atoms with Crippen molar-refractivity contribution in [1.82, 2.24) is 10.3 Å². The molecular formula is C16H24Cl2F3N3O2. The molecule has 2 atom stereocenters. The second-order valence-electron chi connectivity index (χ2n) is 6.12. The summed E-state index contributed by atoms with van der Waals surface area (Å²) in [5, 5.41) is 6.04. The normalized spacial score (nSPS) is 18.1. The summed E-state index contributed by atoms with van der Waals surface area (Å²) in [5.41, 5.74) is 0.438. The number of halogens is 5. The molecule has 150 valence electrons. The van der Waals surface area contributed by atoms with Crippen molar-refractivity contribution >= 4 is 36.4 Å². The van der Waals surface area contributed by atoms with Gasteiger partial charge in [0.2, 0.25) is 11.8 Å². The number of hydrogen-bond donors (Lipinski definition) is 2. The van der Waals surface area contributed by atoms with Crippen molar-refractivity contribution in [3.05, 3.63) is 18.3 Å². The van der Waals surface area contributed by atoms with E-state index in [4.69, 9.17) is 0 Å². The van der Waals surface area contributed by atoms with Gasteiger partial charge in [-0.2, -0.15) is 13.2 Å². The van der Waals surface area contributed by atoms with Gasteiger partial charge in [0, 0.05) is 12.5 Å². The van der Waals surface area contributed by atoms with E-state index in [0.717, 1.165) is 25.9 Å². The predicted octanol–water partition coefficient (Wildman–Crippen LogP) is 3.83. The molecule has 1 aliphatic heterocycles. The van der Waals surface area contributed by atoms with Crippen LogP contribution in [0.15, 0.2) is 18.3 Å². The van der Waals surface area contributed by atoms with Crippen LogP contribution in [0.25, 0.3) is 0 Å². The van der Waals surface area contributed by atoms with Crippen LogP contribution < -0.4 is 15.4 Å². The van der Waals surface area contributed by atoms with E-state index >= 15 is 0 Å². The van der Waals surface area contributed by atoms with Gasteiger partial charge in [-0.3, -0.25) is 4.79 Å². The summed E-state index contributed by atoms with van der Waals surface area (Å²) in [4.78, 5) is 15.8. The number of hydrogen-bond acceptors (Lipinski definition) is 4. The number of carbonyl (C=O) groups excluding carboxylic acids is 1. The van der Waals surface area contributed by atoms with Crippen LogP contribution in [0.4, 0.5) is 18.9 Å². The van der Waals surface area contributed by atoms with Gasteiger partial charge in [0.15, 0.2) is 6.61 Å². The summed E-state index contributed by atoms with van der Waals surface area (Å²) >= 11 is 0. The van der Waals surface area contributed by atoms with Crippen molar-refractivity contribution in [2.75, 3.05) is 25.0 Å². The van der Waals surface area contributed by atoms with E-state index in [9.17, 15) is 18.0 Å². The molecule has 10 heteroatoms. The monoisotopic (exact) mass is 417 g/mol. The average molecular weight is 418 g/mol. The molecule has 1 amide bonds. The topological polar surface area (TPSA) is 63.2 Å². The fourth-order valence-electron chi connectivity index (χ4n) is 2.73. The zero-order valence-electron chi connectivity index (χ0n) is 14.3. The van der Waals surface area contributed by atoms with E-state index < -0.39 is 12.8 Å². The molecule has 0 spiro atoms. The van der Waals surface area contributed by atoms with Gasteiger partial charge in [-0.05, 0) is 43.8 Å². The standard InChI is InChI=1S/C16H22F3N3O2.2ClH/c1-11(12-3-2-6-20-8-12)7-14(23)22-13-4-5-15(21-9-13)24-10-16(17,18)19;;/h4-5,9,11-12,20H,2-3,6-8,10H2,1H3,(H,22,23);2*1H. The molecule has 1 fully saturated rings. The van der Waals surface area contributed by atoms with E-state index in [1.54, 1.807) is 0 Å². The van der Waals surface area contributed by atoms with Crippen LogP contribution in [-0.2, 0) is 4.79 Å². The number of ether oxygens (including phenoxy) is 1. The van der Waals surface area contributed by atoms with E-state index in [2.05, 4.69) is 27.3 Å². The Morgan fingerprint density at radius 3 is 2.69 bits per heavy atom. The number of amides is 1. The minimum atomic E-state index is -4.40. The molecular weight excluding hydrogens is 394 g/mol. The molecule has 26 heavy (non-hydrogen) atoms. The Morgan fingerprint density at radius 1 is 1.42 bits per heavy atom. The largest absolute Gasteiger partial charge is 0.468 e. The van der Waals surface area contributed by atoms with Gasteiger partial charge in [0.25, 0.3) is 0 Å². The third-order valence-corrected chi connectivity index (χ3v) is 4.05. The molecule has 1 aromatic rings. The Morgan fingerprint density at radius 2 is 2.15 bits per heavy atom. The molecule has 0 saturated carbocycles. The van der Waals surface area contributed by atoms with Gasteiger partial charge < -0.3 is 15.4 Å². The number of rotatable bonds is 6. The number of alkyl halides is 3. The first-order valence-electron chi connectivity index (χ1n) is 7.99. The lowest BCUT2D eigenvalue weighted by Crippen LogP contribution is -2.34. The fourth-order valence-corrected chi connectivity index (χ4v) is 2.73. The van der Waals surface area contributed by atoms with Crippen molar-refractivity contribution in [3.63, 3.8) is 0 Å². The molecule has 2 heterocycles. The van der Waals surface area contributed by atoms with Crippen LogP contribution >= 0.6 is 24.8 Å². The lowest BCUT2D eigenvalue weighted by molar-refractivity contribution is -0.154. The number of anilines is 1. The quantitative estimate of drug-likeness (QED) is 0.737. The number of nitrogens with one attached hydrogen (secondary N) is 2. The van der Waals surface area contributed by atoms with Gasteiger partial charge >= 0.3 is 6.18 Å². The summed E-state index contributed by atoms with van der Waals surface area (Å²) in [6, 6.07) is 2.78. The van der Waals surface area contributed by atoms with Crippen molar-refractivity contribution < 1.29 is 22.7 Å². The number of piperidine rings is 1. The molecule has 1 aromatic heterocycles. The molecule has 2 N–H and O–H groups in total. The number of carbonyl (C=O) groups is 1. The van der Waals surface area contributed by atoms with Gasteiger partial charge in [-0.15, -0.1) is 24.8 Å². The molecule has 1 saturated heterocycles. The lowest BCUT2D eigenvalue weighted by atomic mass is 9.85. The Hall–Kier alpha value is -1.25. The molecule has 0 aliphatic carbocycles. The van der Waals surface area contributed by atoms with Gasteiger partial charge in [-0.25, -0.2) is 4.98 Å². The van der Waals surface area contributed by atoms with Crippen LogP contribution in [0.5, 0.6) is 5.88 Å². The molecule has 0 radical (unpaired) electrons. The van der Waals surface area contributed by atoms with E-state index in [1.165, 1.54) is 18.3 Å². The van der Waals surface area contributed by atoms with Crippen LogP contribution in [-0.4, -0.2) is 36.8 Å². The lowest BCUT2D eigenvalue weighted by Gasteiger charge is -2.28. The van der Waals surface area contributed by atoms with Crippen LogP contribution in [0, 0.1) is 11.8 Å². The number of pyridine rings is 1. The summed E-state index contributed by atoms with van der Waals surface area (Å²) < 4.78 is 40.7. The van der Waals surface area contributed by atoms with Crippen molar-refractivity contribution in [2.24, 2.45) is 11.8 Å². The smallest absolute Gasteiger partial charge is 0.422 e. The second kappa shape index (κ2) is 11.5. The zero-order chi connectivity index (χ0) is 17.6. The zero-order valence-corrected chi connectivity index (χ0v) is 16.0. The maximum Gasteiger partial charge on any atom is 0.422 e. The SMILES string of the molecule is CC(CC(=O)Nc1ccc(OCC(F)(F)F)nc1)C1CCCNC1.Cl.Cl. The Balaban J connectivity index is 0.00000312. The number of nitrogens with zero attached hydrogens (tertiary/aromatic N) is 1. The Bertz CT molecular complexity index is 539. The minimum absolute atomic E-state index is 0. The third kappa shape index (κ3) is 8.91. The predicted molar refractivity (Wildman–Crippen MR) is 98.3 cm³/mol. The molecule has 0 aromatic carbocycles. The summed E-state index contributed by atoms with van der Waals surface area (Å²) in [6.45, 7) is 2.63. The van der Waals surface area contributed by atoms with E-state index in [-0.39, 0.29) is 42.5 Å². The molecule has 1 aliphatic rings. The van der Waals surface area contributed by atoms with E-state index in [0.29, 0.717) is 18.0 Å². The molecule has 2 rings (SSSR count). The number of aromatic nitrogens is 1. The van der Waals surface area contributed by atoms with Crippen LogP contribution in [0.1, 0.15) is 26.2 Å². The van der Waals surface area contributed by atoms with E-state index in [1.807, 2.05) is 0 Å². The maximum atomic E-state index is 12.1. The molecule has 5 nitrogen and oxygen atoms in total. The fraction of sp³-hybridized carbons (Fsp3) is 0.625. The maximum absolute atomic E-state index is 12.1. The summed E-state index contributed by atoms with van der Waals surface area (Å²) in [6.07, 6.45) is -0.470. The van der Waals surface area contributed by atoms with Crippen molar-refractivity contribution in [1.29, 1.82) is 0 Å². The minimum Gasteiger partial charge on any atom is -0.468 e. The highest BCUT2D eigenvalue weighted by molar-refractivity contribution is 5.90. The first-order valence-corrected chi connectivity index (χ1v) is 7.99. The highest BCUT2D eigenvalue weighted by Crippen LogP contribution is 2.23. The summed E-state index contributed by atoms with van der Waals surface area (Å²) in [7, 11) is 0. The van der Waals surface area contributed by atoms with Crippen molar-refractivity contribution in [2.45, 2.75) is 32.4 Å². The van der Waals surface area contributed by atoms with Crippen molar-refractivity contribution in [3.8, 4) is 5.88 Å². The second-order valence-corrected chi connectivity index (χ2v) is 6.12.